The number of likely N-dealkylation sites (tertiary alicyclic amines) is 1. The van der Waals surface area contributed by atoms with E-state index in [-0.39, 0.29) is 6.04 Å². The second-order valence-corrected chi connectivity index (χ2v) is 10.2. The average molecular weight is 400 g/mol. The van der Waals surface area contributed by atoms with Crippen LogP contribution in [-0.2, 0) is 16.8 Å². The Labute approximate surface area is 162 Å². The lowest BCUT2D eigenvalue weighted by Crippen LogP contribution is -2.52. The van der Waals surface area contributed by atoms with Crippen LogP contribution in [0.3, 0.4) is 0 Å². The van der Waals surface area contributed by atoms with Gasteiger partial charge in [0.05, 0.1) is 0 Å². The Morgan fingerprint density at radius 1 is 1.08 bits per heavy atom. The van der Waals surface area contributed by atoms with Gasteiger partial charge in [-0.1, -0.05) is 37.6 Å². The van der Waals surface area contributed by atoms with E-state index < -0.39 is 10.2 Å². The number of rotatable bonds is 5. The lowest BCUT2D eigenvalue weighted by Gasteiger charge is -2.37. The van der Waals surface area contributed by atoms with Crippen molar-refractivity contribution in [3.05, 3.63) is 34.9 Å². The summed E-state index contributed by atoms with van der Waals surface area (Å²) in [5.74, 6) is 0.855. The summed E-state index contributed by atoms with van der Waals surface area (Å²) in [6.45, 7) is 8.23. The van der Waals surface area contributed by atoms with Crippen molar-refractivity contribution in [1.29, 1.82) is 0 Å². The molecule has 2 aliphatic rings. The number of hydrogen-bond donors (Lipinski definition) is 1. The van der Waals surface area contributed by atoms with Crippen molar-refractivity contribution in [3.63, 3.8) is 0 Å². The molecule has 0 amide bonds. The van der Waals surface area contributed by atoms with E-state index in [2.05, 4.69) is 35.6 Å². The molecule has 2 fully saturated rings. The molecule has 0 spiro atoms. The quantitative estimate of drug-likeness (QED) is 0.827. The zero-order chi connectivity index (χ0) is 18.7. The van der Waals surface area contributed by atoms with Gasteiger partial charge in [-0.15, -0.1) is 0 Å². The van der Waals surface area contributed by atoms with Crippen LogP contribution in [-0.4, -0.2) is 49.8 Å². The van der Waals surface area contributed by atoms with Crippen LogP contribution in [0.5, 0.6) is 0 Å². The van der Waals surface area contributed by atoms with Gasteiger partial charge in [0, 0.05) is 43.8 Å². The van der Waals surface area contributed by atoms with Gasteiger partial charge in [-0.3, -0.25) is 4.90 Å². The van der Waals surface area contributed by atoms with Crippen molar-refractivity contribution in [2.75, 3.05) is 26.2 Å². The van der Waals surface area contributed by atoms with Crippen molar-refractivity contribution in [2.24, 2.45) is 11.8 Å². The maximum atomic E-state index is 12.7. The van der Waals surface area contributed by atoms with E-state index in [1.165, 1.54) is 5.56 Å². The van der Waals surface area contributed by atoms with Crippen molar-refractivity contribution in [1.82, 2.24) is 13.9 Å². The normalized spacial score (nSPS) is 26.9. The van der Waals surface area contributed by atoms with Crippen LogP contribution >= 0.6 is 11.6 Å². The van der Waals surface area contributed by atoms with Gasteiger partial charge in [-0.05, 0) is 48.8 Å². The molecule has 0 unspecified atom stereocenters. The first-order chi connectivity index (χ1) is 12.3. The molecule has 0 aromatic heterocycles. The van der Waals surface area contributed by atoms with Crippen LogP contribution in [0.15, 0.2) is 24.3 Å². The van der Waals surface area contributed by atoms with Crippen LogP contribution in [0, 0.1) is 11.8 Å². The summed E-state index contributed by atoms with van der Waals surface area (Å²) < 4.78 is 30.1. The van der Waals surface area contributed by atoms with E-state index in [0.29, 0.717) is 24.9 Å². The minimum atomic E-state index is -3.38. The Balaban J connectivity index is 1.49. The van der Waals surface area contributed by atoms with Crippen LogP contribution < -0.4 is 4.72 Å². The van der Waals surface area contributed by atoms with Gasteiger partial charge in [0.15, 0.2) is 0 Å². The molecule has 2 atom stereocenters. The SMILES string of the molecule is C[C@@H]1C[C@H](C)CN(S(=O)(=O)NC2CCN(Cc3ccc(Cl)cc3)CC2)C1. The number of halogens is 1. The predicted octanol–water partition coefficient (Wildman–Crippen LogP) is 3.12. The van der Waals surface area contributed by atoms with E-state index in [1.54, 1.807) is 4.31 Å². The van der Waals surface area contributed by atoms with Crippen LogP contribution in [0.1, 0.15) is 38.7 Å². The molecule has 0 bridgehead atoms. The molecular formula is C19H30ClN3O2S. The summed E-state index contributed by atoms with van der Waals surface area (Å²) in [5.41, 5.74) is 1.24. The van der Waals surface area contributed by atoms with Crippen LogP contribution in [0.2, 0.25) is 5.02 Å². The average Bonchev–Trinajstić information content (AvgIpc) is 2.58. The highest BCUT2D eigenvalue weighted by atomic mass is 35.5. The van der Waals surface area contributed by atoms with Gasteiger partial charge in [0.2, 0.25) is 0 Å². The summed E-state index contributed by atoms with van der Waals surface area (Å²) in [4.78, 5) is 2.37. The molecule has 2 saturated heterocycles. The molecule has 5 nitrogen and oxygen atoms in total. The fourth-order valence-electron chi connectivity index (χ4n) is 4.14. The molecule has 1 aromatic rings. The summed E-state index contributed by atoms with van der Waals surface area (Å²) >= 11 is 5.93. The molecule has 7 heteroatoms. The van der Waals surface area contributed by atoms with Crippen LogP contribution in [0.25, 0.3) is 0 Å². The van der Waals surface area contributed by atoms with E-state index in [1.807, 2.05) is 12.1 Å². The smallest absolute Gasteiger partial charge is 0.279 e. The Bertz CT molecular complexity index is 677. The summed E-state index contributed by atoms with van der Waals surface area (Å²) in [6, 6.07) is 7.97. The third-order valence-electron chi connectivity index (χ3n) is 5.40. The third kappa shape index (κ3) is 5.42. The molecule has 0 radical (unpaired) electrons. The van der Waals surface area contributed by atoms with Crippen molar-refractivity contribution < 1.29 is 8.42 Å². The lowest BCUT2D eigenvalue weighted by molar-refractivity contribution is 0.193. The van der Waals surface area contributed by atoms with Gasteiger partial charge in [0.25, 0.3) is 10.2 Å². The Kier molecular flexibility index (Phi) is 6.62. The summed E-state index contributed by atoms with van der Waals surface area (Å²) in [5, 5.41) is 0.753. The fraction of sp³-hybridized carbons (Fsp3) is 0.684. The Morgan fingerprint density at radius 2 is 1.65 bits per heavy atom. The van der Waals surface area contributed by atoms with Crippen molar-refractivity contribution >= 4 is 21.8 Å². The van der Waals surface area contributed by atoms with Crippen molar-refractivity contribution in [2.45, 2.75) is 45.7 Å². The van der Waals surface area contributed by atoms with E-state index in [9.17, 15) is 8.42 Å². The van der Waals surface area contributed by atoms with Crippen molar-refractivity contribution in [3.8, 4) is 0 Å². The zero-order valence-corrected chi connectivity index (χ0v) is 17.3. The van der Waals surface area contributed by atoms with Gasteiger partial charge >= 0.3 is 0 Å². The first-order valence-electron chi connectivity index (χ1n) is 9.56. The maximum Gasteiger partial charge on any atom is 0.279 e. The van der Waals surface area contributed by atoms with E-state index in [0.717, 1.165) is 43.9 Å². The fourth-order valence-corrected chi connectivity index (χ4v) is 5.98. The molecule has 3 rings (SSSR count). The molecule has 1 N–H and O–H groups in total. The van der Waals surface area contributed by atoms with Gasteiger partial charge in [-0.25, -0.2) is 0 Å². The molecule has 0 aliphatic carbocycles. The van der Waals surface area contributed by atoms with Gasteiger partial charge in [-0.2, -0.15) is 17.4 Å². The highest BCUT2D eigenvalue weighted by molar-refractivity contribution is 7.87. The van der Waals surface area contributed by atoms with E-state index in [4.69, 9.17) is 11.6 Å². The Hall–Kier alpha value is -0.660. The molecule has 26 heavy (non-hydrogen) atoms. The number of nitrogens with zero attached hydrogens (tertiary/aromatic N) is 2. The minimum absolute atomic E-state index is 0.0361. The second kappa shape index (κ2) is 8.57. The minimum Gasteiger partial charge on any atom is -0.299 e. The molecule has 2 heterocycles. The standard InChI is InChI=1S/C19H30ClN3O2S/c1-15-11-16(2)13-23(12-15)26(24,25)21-19-7-9-22(10-8-19)14-17-3-5-18(20)6-4-17/h3-6,15-16,19,21H,7-14H2,1-2H3/t15-,16+. The molecule has 146 valence electrons. The number of piperidine rings is 2. The monoisotopic (exact) mass is 399 g/mol. The number of benzene rings is 1. The lowest BCUT2D eigenvalue weighted by atomic mass is 9.94. The number of nitrogens with one attached hydrogen (secondary N) is 1. The van der Waals surface area contributed by atoms with Gasteiger partial charge in [0.1, 0.15) is 0 Å². The predicted molar refractivity (Wildman–Crippen MR) is 106 cm³/mol. The maximum absolute atomic E-state index is 12.7. The number of hydrogen-bond acceptors (Lipinski definition) is 3. The molecule has 0 saturated carbocycles. The van der Waals surface area contributed by atoms with Crippen LogP contribution in [0.4, 0.5) is 0 Å². The first-order valence-corrected chi connectivity index (χ1v) is 11.4. The Morgan fingerprint density at radius 3 is 2.23 bits per heavy atom. The summed E-state index contributed by atoms with van der Waals surface area (Å²) in [7, 11) is -3.38. The summed E-state index contributed by atoms with van der Waals surface area (Å²) in [6.07, 6.45) is 2.81. The topological polar surface area (TPSA) is 52.7 Å². The molecule has 2 aliphatic heterocycles. The second-order valence-electron chi connectivity index (χ2n) is 8.06. The zero-order valence-electron chi connectivity index (χ0n) is 15.7. The van der Waals surface area contributed by atoms with E-state index >= 15 is 0 Å². The highest BCUT2D eigenvalue weighted by Crippen LogP contribution is 2.23. The molecule has 1 aromatic carbocycles. The third-order valence-corrected chi connectivity index (χ3v) is 7.26. The highest BCUT2D eigenvalue weighted by Gasteiger charge is 2.32. The first kappa shape index (κ1) is 20.1. The molecular weight excluding hydrogens is 370 g/mol. The largest absolute Gasteiger partial charge is 0.299 e. The van der Waals surface area contributed by atoms with Gasteiger partial charge < -0.3 is 0 Å².